The van der Waals surface area contributed by atoms with Gasteiger partial charge in [0, 0.05) is 12.6 Å². The van der Waals surface area contributed by atoms with Gasteiger partial charge in [-0.2, -0.15) is 5.10 Å². The van der Waals surface area contributed by atoms with Crippen molar-refractivity contribution in [1.82, 2.24) is 20.0 Å². The van der Waals surface area contributed by atoms with Gasteiger partial charge in [-0.1, -0.05) is 41.9 Å². The summed E-state index contributed by atoms with van der Waals surface area (Å²) in [6, 6.07) is 9.78. The largest absolute Gasteiger partial charge is 0.264 e. The van der Waals surface area contributed by atoms with E-state index in [4.69, 9.17) is 11.6 Å². The lowest BCUT2D eigenvalue weighted by molar-refractivity contribution is 0.783. The molecule has 18 heavy (non-hydrogen) atoms. The van der Waals surface area contributed by atoms with Crippen LogP contribution in [0.15, 0.2) is 30.3 Å². The maximum absolute atomic E-state index is 6.43. The van der Waals surface area contributed by atoms with Gasteiger partial charge < -0.3 is 0 Å². The van der Waals surface area contributed by atoms with Gasteiger partial charge in [-0.15, -0.1) is 10.2 Å². The first-order valence-electron chi connectivity index (χ1n) is 5.59. The zero-order valence-corrected chi connectivity index (χ0v) is 10.8. The van der Waals surface area contributed by atoms with Gasteiger partial charge >= 0.3 is 0 Å². The molecule has 0 aliphatic carbocycles. The Labute approximate surface area is 109 Å². The van der Waals surface area contributed by atoms with E-state index in [0.29, 0.717) is 10.7 Å². The maximum atomic E-state index is 6.43. The Kier molecular flexibility index (Phi) is 2.52. The van der Waals surface area contributed by atoms with E-state index in [1.807, 2.05) is 44.3 Å². The van der Waals surface area contributed by atoms with Crippen molar-refractivity contribution in [2.75, 3.05) is 0 Å². The lowest BCUT2D eigenvalue weighted by Gasteiger charge is -2.04. The predicted octanol–water partition coefficient (Wildman–Crippen LogP) is 2.99. The molecule has 3 aromatic rings. The molecule has 2 heterocycles. The van der Waals surface area contributed by atoms with Crippen LogP contribution >= 0.6 is 11.6 Å². The van der Waals surface area contributed by atoms with Crippen LogP contribution in [0.1, 0.15) is 5.69 Å². The number of hydrogen-bond donors (Lipinski definition) is 0. The second-order valence-corrected chi connectivity index (χ2v) is 4.51. The lowest BCUT2D eigenvalue weighted by atomic mass is 10.1. The fraction of sp³-hybridized carbons (Fsp3) is 0.154. The van der Waals surface area contributed by atoms with Gasteiger partial charge in [0.1, 0.15) is 16.7 Å². The normalized spacial score (nSPS) is 11.1. The number of halogens is 1. The fourth-order valence-electron chi connectivity index (χ4n) is 2.05. The molecule has 0 spiro atoms. The smallest absolute Gasteiger partial charge is 0.135 e. The molecule has 4 nitrogen and oxygen atoms in total. The molecule has 3 rings (SSSR count). The van der Waals surface area contributed by atoms with Crippen LogP contribution in [0.25, 0.3) is 22.3 Å². The van der Waals surface area contributed by atoms with Crippen molar-refractivity contribution in [3.8, 4) is 11.3 Å². The van der Waals surface area contributed by atoms with Crippen molar-refractivity contribution < 1.29 is 0 Å². The number of hydrogen-bond acceptors (Lipinski definition) is 3. The summed E-state index contributed by atoms with van der Waals surface area (Å²) in [5.74, 6) is 0. The Morgan fingerprint density at radius 2 is 1.83 bits per heavy atom. The third kappa shape index (κ3) is 1.57. The first kappa shape index (κ1) is 11.2. The van der Waals surface area contributed by atoms with Crippen molar-refractivity contribution >= 4 is 22.6 Å². The fourth-order valence-corrected chi connectivity index (χ4v) is 2.41. The highest BCUT2D eigenvalue weighted by Crippen LogP contribution is 2.31. The standard InChI is InChI=1S/C13H11ClN4/c1-8-11-13(18(2)17-8)10(14)12(16-15-11)9-6-4-3-5-7-9/h3-7H,1-2H3. The highest BCUT2D eigenvalue weighted by atomic mass is 35.5. The molecule has 0 N–H and O–H groups in total. The van der Waals surface area contributed by atoms with E-state index < -0.39 is 0 Å². The average molecular weight is 259 g/mol. The van der Waals surface area contributed by atoms with Gasteiger partial charge in [-0.25, -0.2) is 0 Å². The van der Waals surface area contributed by atoms with Crippen LogP contribution in [0.2, 0.25) is 5.02 Å². The molecule has 0 atom stereocenters. The Bertz CT molecular complexity index is 719. The summed E-state index contributed by atoms with van der Waals surface area (Å²) in [6.45, 7) is 1.90. The molecule has 0 unspecified atom stereocenters. The molecule has 0 amide bonds. The second kappa shape index (κ2) is 4.07. The first-order valence-corrected chi connectivity index (χ1v) is 5.97. The maximum Gasteiger partial charge on any atom is 0.135 e. The Hall–Kier alpha value is -1.94. The van der Waals surface area contributed by atoms with E-state index in [0.717, 1.165) is 22.3 Å². The summed E-state index contributed by atoms with van der Waals surface area (Å²) in [7, 11) is 1.86. The van der Waals surface area contributed by atoms with Crippen molar-refractivity contribution in [3.63, 3.8) is 0 Å². The number of nitrogens with zero attached hydrogens (tertiary/aromatic N) is 4. The average Bonchev–Trinajstić information content (AvgIpc) is 2.67. The molecule has 5 heteroatoms. The minimum Gasteiger partial charge on any atom is -0.264 e. The molecular formula is C13H11ClN4. The van der Waals surface area contributed by atoms with Gasteiger partial charge in [-0.05, 0) is 6.92 Å². The van der Waals surface area contributed by atoms with Crippen LogP contribution in [-0.4, -0.2) is 20.0 Å². The second-order valence-electron chi connectivity index (χ2n) is 4.13. The summed E-state index contributed by atoms with van der Waals surface area (Å²) >= 11 is 6.43. The molecule has 0 aliphatic rings. The SMILES string of the molecule is Cc1nn(C)c2c(Cl)c(-c3ccccc3)nnc12. The topological polar surface area (TPSA) is 43.6 Å². The van der Waals surface area contributed by atoms with E-state index in [-0.39, 0.29) is 0 Å². The molecule has 90 valence electrons. The van der Waals surface area contributed by atoms with Gasteiger partial charge in [-0.3, -0.25) is 4.68 Å². The summed E-state index contributed by atoms with van der Waals surface area (Å²) in [6.07, 6.45) is 0. The van der Waals surface area contributed by atoms with E-state index in [9.17, 15) is 0 Å². The lowest BCUT2D eigenvalue weighted by Crippen LogP contribution is -1.94. The quantitative estimate of drug-likeness (QED) is 0.674. The van der Waals surface area contributed by atoms with Crippen LogP contribution in [0, 0.1) is 6.92 Å². The van der Waals surface area contributed by atoms with Gasteiger partial charge in [0.2, 0.25) is 0 Å². The Morgan fingerprint density at radius 3 is 2.56 bits per heavy atom. The van der Waals surface area contributed by atoms with Gasteiger partial charge in [0.05, 0.1) is 10.7 Å². The first-order chi connectivity index (χ1) is 8.68. The molecule has 0 fully saturated rings. The van der Waals surface area contributed by atoms with E-state index >= 15 is 0 Å². The minimum absolute atomic E-state index is 0.592. The molecule has 1 aromatic carbocycles. The molecule has 2 aromatic heterocycles. The molecule has 0 radical (unpaired) electrons. The Morgan fingerprint density at radius 1 is 1.11 bits per heavy atom. The van der Waals surface area contributed by atoms with E-state index in [1.54, 1.807) is 4.68 Å². The van der Waals surface area contributed by atoms with Crippen LogP contribution in [0.5, 0.6) is 0 Å². The number of benzene rings is 1. The minimum atomic E-state index is 0.592. The number of fused-ring (bicyclic) bond motifs is 1. The van der Waals surface area contributed by atoms with Crippen molar-refractivity contribution in [1.29, 1.82) is 0 Å². The zero-order valence-electron chi connectivity index (χ0n) is 10.1. The van der Waals surface area contributed by atoms with Crippen molar-refractivity contribution in [3.05, 3.63) is 41.0 Å². The third-order valence-electron chi connectivity index (χ3n) is 2.90. The Balaban J connectivity index is 2.33. The van der Waals surface area contributed by atoms with E-state index in [1.165, 1.54) is 0 Å². The van der Waals surface area contributed by atoms with Crippen LogP contribution < -0.4 is 0 Å². The molecular weight excluding hydrogens is 248 g/mol. The number of aromatic nitrogens is 4. The number of rotatable bonds is 1. The number of aryl methyl sites for hydroxylation is 2. The monoisotopic (exact) mass is 258 g/mol. The van der Waals surface area contributed by atoms with Gasteiger partial charge in [0.15, 0.2) is 0 Å². The van der Waals surface area contributed by atoms with Crippen LogP contribution in [-0.2, 0) is 7.05 Å². The highest BCUT2D eigenvalue weighted by Gasteiger charge is 2.15. The third-order valence-corrected chi connectivity index (χ3v) is 3.26. The predicted molar refractivity (Wildman–Crippen MR) is 71.5 cm³/mol. The van der Waals surface area contributed by atoms with Crippen LogP contribution in [0.4, 0.5) is 0 Å². The summed E-state index contributed by atoms with van der Waals surface area (Å²) in [5, 5.41) is 13.3. The van der Waals surface area contributed by atoms with Crippen molar-refractivity contribution in [2.45, 2.75) is 6.92 Å². The van der Waals surface area contributed by atoms with Crippen LogP contribution in [0.3, 0.4) is 0 Å². The zero-order chi connectivity index (χ0) is 12.7. The summed E-state index contributed by atoms with van der Waals surface area (Å²) in [5.41, 5.74) is 4.05. The molecule has 0 saturated heterocycles. The highest BCUT2D eigenvalue weighted by molar-refractivity contribution is 6.37. The van der Waals surface area contributed by atoms with Gasteiger partial charge in [0.25, 0.3) is 0 Å². The summed E-state index contributed by atoms with van der Waals surface area (Å²) in [4.78, 5) is 0. The molecule has 0 saturated carbocycles. The van der Waals surface area contributed by atoms with E-state index in [2.05, 4.69) is 15.3 Å². The summed E-state index contributed by atoms with van der Waals surface area (Å²) < 4.78 is 1.74. The molecule has 0 bridgehead atoms. The van der Waals surface area contributed by atoms with Crippen molar-refractivity contribution in [2.24, 2.45) is 7.05 Å². The molecule has 0 aliphatic heterocycles.